The third-order valence-corrected chi connectivity index (χ3v) is 4.75. The van der Waals surface area contributed by atoms with E-state index in [0.29, 0.717) is 5.88 Å². The highest BCUT2D eigenvalue weighted by atomic mass is 127. The second-order valence-corrected chi connectivity index (χ2v) is 6.61. The van der Waals surface area contributed by atoms with Gasteiger partial charge in [0.2, 0.25) is 5.88 Å². The number of nitrogens with zero attached hydrogens (tertiary/aromatic N) is 1. The summed E-state index contributed by atoms with van der Waals surface area (Å²) in [6, 6.07) is 16.3. The van der Waals surface area contributed by atoms with Crippen LogP contribution in [0.25, 0.3) is 10.8 Å². The smallest absolute Gasteiger partial charge is 0.200 e. The monoisotopic (exact) mass is 377 g/mol. The Morgan fingerprint density at radius 2 is 1.70 bits per heavy atom. The van der Waals surface area contributed by atoms with Gasteiger partial charge in [-0.15, -0.1) is 0 Å². The Morgan fingerprint density at radius 1 is 1.00 bits per heavy atom. The van der Waals surface area contributed by atoms with E-state index >= 15 is 0 Å². The topological polar surface area (TPSA) is 25.2 Å². The average Bonchev–Trinajstić information content (AvgIpc) is 2.79. The highest BCUT2D eigenvalue weighted by Gasteiger charge is 2.26. The lowest BCUT2D eigenvalue weighted by molar-refractivity contribution is 0.350. The maximum atomic E-state index is 10.6. The molecule has 3 rings (SSSR count). The molecule has 0 unspecified atom stereocenters. The summed E-state index contributed by atoms with van der Waals surface area (Å²) >= 11 is 2.27. The van der Waals surface area contributed by atoms with E-state index in [0.717, 1.165) is 14.3 Å². The lowest BCUT2D eigenvalue weighted by Crippen LogP contribution is -2.26. The zero-order chi connectivity index (χ0) is 14.3. The van der Waals surface area contributed by atoms with E-state index in [2.05, 4.69) is 48.6 Å². The summed E-state index contributed by atoms with van der Waals surface area (Å²) in [6.45, 7) is 4.24. The number of fused-ring (bicyclic) bond motifs is 1. The fraction of sp³-hybridized carbons (Fsp3) is 0.176. The number of benzene rings is 2. The van der Waals surface area contributed by atoms with Gasteiger partial charge in [-0.3, -0.25) is 0 Å². The second-order valence-electron chi connectivity index (χ2n) is 5.45. The van der Waals surface area contributed by atoms with Crippen molar-refractivity contribution in [3.05, 3.63) is 63.9 Å². The van der Waals surface area contributed by atoms with Gasteiger partial charge in [-0.1, -0.05) is 42.5 Å². The first-order chi connectivity index (χ1) is 9.51. The van der Waals surface area contributed by atoms with Crippen LogP contribution < -0.4 is 0 Å². The predicted molar refractivity (Wildman–Crippen MR) is 91.2 cm³/mol. The largest absolute Gasteiger partial charge is 0.494 e. The Labute approximate surface area is 132 Å². The molecule has 0 radical (unpaired) electrons. The van der Waals surface area contributed by atoms with Crippen molar-refractivity contribution in [3.63, 3.8) is 0 Å². The van der Waals surface area contributed by atoms with Gasteiger partial charge in [-0.05, 0) is 48.1 Å². The second kappa shape index (κ2) is 4.81. The summed E-state index contributed by atoms with van der Waals surface area (Å²) in [5, 5.41) is 12.6. The summed E-state index contributed by atoms with van der Waals surface area (Å²) in [7, 11) is 0. The number of halogens is 1. The molecule has 0 aliphatic carbocycles. The summed E-state index contributed by atoms with van der Waals surface area (Å²) in [6.07, 6.45) is 2.03. The van der Waals surface area contributed by atoms with Crippen molar-refractivity contribution >= 4 is 33.4 Å². The van der Waals surface area contributed by atoms with Crippen LogP contribution in [0.15, 0.2) is 54.7 Å². The fourth-order valence-corrected chi connectivity index (χ4v) is 3.38. The molecule has 0 aliphatic rings. The third-order valence-electron chi connectivity index (χ3n) is 3.85. The molecule has 0 saturated heterocycles. The SMILES string of the molecule is CC(C)(c1ccccc1)n1cc2cccc(I)c2c1O. The van der Waals surface area contributed by atoms with Crippen molar-refractivity contribution < 1.29 is 5.11 Å². The van der Waals surface area contributed by atoms with Gasteiger partial charge in [0.05, 0.1) is 10.9 Å². The molecule has 0 atom stereocenters. The van der Waals surface area contributed by atoms with E-state index in [1.165, 1.54) is 5.56 Å². The highest BCUT2D eigenvalue weighted by Crippen LogP contribution is 2.37. The molecule has 0 bridgehead atoms. The minimum absolute atomic E-state index is 0.298. The van der Waals surface area contributed by atoms with Gasteiger partial charge in [0, 0.05) is 15.2 Å². The summed E-state index contributed by atoms with van der Waals surface area (Å²) in [5.74, 6) is 0.332. The number of rotatable bonds is 2. The number of aromatic hydroxyl groups is 1. The molecule has 2 aromatic carbocycles. The van der Waals surface area contributed by atoms with Gasteiger partial charge in [0.25, 0.3) is 0 Å². The number of hydrogen-bond acceptors (Lipinski definition) is 1. The van der Waals surface area contributed by atoms with Crippen molar-refractivity contribution in [2.24, 2.45) is 0 Å². The van der Waals surface area contributed by atoms with Gasteiger partial charge in [0.15, 0.2) is 0 Å². The van der Waals surface area contributed by atoms with Crippen LogP contribution in [0.4, 0.5) is 0 Å². The zero-order valence-electron chi connectivity index (χ0n) is 11.5. The van der Waals surface area contributed by atoms with Gasteiger partial charge >= 0.3 is 0 Å². The van der Waals surface area contributed by atoms with Gasteiger partial charge in [-0.25, -0.2) is 0 Å². The van der Waals surface area contributed by atoms with Crippen molar-refractivity contribution in [1.82, 2.24) is 4.57 Å². The molecule has 3 aromatic rings. The van der Waals surface area contributed by atoms with Gasteiger partial charge in [0.1, 0.15) is 0 Å². The van der Waals surface area contributed by atoms with Gasteiger partial charge < -0.3 is 9.67 Å². The lowest BCUT2D eigenvalue weighted by atomic mass is 9.94. The standard InChI is InChI=1S/C17H16INO/c1-17(2,13-8-4-3-5-9-13)19-11-12-7-6-10-14(18)15(12)16(19)20/h3-11,20H,1-2H3. The maximum absolute atomic E-state index is 10.6. The summed E-state index contributed by atoms with van der Waals surface area (Å²) in [4.78, 5) is 0. The molecule has 0 saturated carbocycles. The number of aromatic nitrogens is 1. The van der Waals surface area contributed by atoms with E-state index in [-0.39, 0.29) is 5.54 Å². The fourth-order valence-electron chi connectivity index (χ4n) is 2.62. The molecule has 1 N–H and O–H groups in total. The molecule has 1 heterocycles. The Balaban J connectivity index is 2.25. The van der Waals surface area contributed by atoms with Crippen molar-refractivity contribution in [2.45, 2.75) is 19.4 Å². The maximum Gasteiger partial charge on any atom is 0.200 e. The molecule has 0 amide bonds. The van der Waals surface area contributed by atoms with Crippen LogP contribution in [-0.4, -0.2) is 9.67 Å². The van der Waals surface area contributed by atoms with Crippen LogP contribution in [0.2, 0.25) is 0 Å². The molecular formula is C17H16INO. The molecule has 0 fully saturated rings. The minimum atomic E-state index is -0.298. The Bertz CT molecular complexity index is 759. The van der Waals surface area contributed by atoms with Crippen molar-refractivity contribution in [2.75, 3.05) is 0 Å². The van der Waals surface area contributed by atoms with Crippen LogP contribution >= 0.6 is 22.6 Å². The quantitative estimate of drug-likeness (QED) is 0.642. The van der Waals surface area contributed by atoms with Crippen LogP contribution in [0.3, 0.4) is 0 Å². The van der Waals surface area contributed by atoms with E-state index in [1.807, 2.05) is 47.2 Å². The Kier molecular flexibility index (Phi) is 3.24. The lowest BCUT2D eigenvalue weighted by Gasteiger charge is -2.28. The first kappa shape index (κ1) is 13.5. The minimum Gasteiger partial charge on any atom is -0.494 e. The molecule has 0 aliphatic heterocycles. The van der Waals surface area contributed by atoms with Gasteiger partial charge in [-0.2, -0.15) is 0 Å². The molecule has 2 nitrogen and oxygen atoms in total. The molecule has 3 heteroatoms. The highest BCUT2D eigenvalue weighted by molar-refractivity contribution is 14.1. The zero-order valence-corrected chi connectivity index (χ0v) is 13.6. The normalized spacial score (nSPS) is 11.9. The number of hydrogen-bond donors (Lipinski definition) is 1. The van der Waals surface area contributed by atoms with Crippen LogP contribution in [0, 0.1) is 3.57 Å². The van der Waals surface area contributed by atoms with E-state index in [9.17, 15) is 5.11 Å². The molecule has 0 spiro atoms. The molecule has 20 heavy (non-hydrogen) atoms. The predicted octanol–water partition coefficient (Wildman–Crippen LogP) is 4.73. The molecular weight excluding hydrogens is 361 g/mol. The van der Waals surface area contributed by atoms with Crippen molar-refractivity contribution in [3.8, 4) is 5.88 Å². The van der Waals surface area contributed by atoms with E-state index in [4.69, 9.17) is 0 Å². The first-order valence-electron chi connectivity index (χ1n) is 6.56. The van der Waals surface area contributed by atoms with E-state index < -0.39 is 0 Å². The molecule has 102 valence electrons. The van der Waals surface area contributed by atoms with Crippen molar-refractivity contribution in [1.29, 1.82) is 0 Å². The Hall–Kier alpha value is -1.49. The van der Waals surface area contributed by atoms with Crippen LogP contribution in [-0.2, 0) is 5.54 Å². The Morgan fingerprint density at radius 3 is 2.35 bits per heavy atom. The van der Waals surface area contributed by atoms with Crippen LogP contribution in [0.5, 0.6) is 5.88 Å². The first-order valence-corrected chi connectivity index (χ1v) is 7.64. The summed E-state index contributed by atoms with van der Waals surface area (Å²) < 4.78 is 3.02. The molecule has 1 aromatic heterocycles. The van der Waals surface area contributed by atoms with Crippen LogP contribution in [0.1, 0.15) is 19.4 Å². The summed E-state index contributed by atoms with van der Waals surface area (Å²) in [5.41, 5.74) is 0.874. The van der Waals surface area contributed by atoms with E-state index in [1.54, 1.807) is 0 Å². The third kappa shape index (κ3) is 2.00. The average molecular weight is 377 g/mol.